The Kier molecular flexibility index (Phi) is 5.37. The minimum atomic E-state index is 0.130. The van der Waals surface area contributed by atoms with Crippen molar-refractivity contribution in [3.63, 3.8) is 0 Å². The third-order valence-corrected chi connectivity index (χ3v) is 5.83. The number of aromatic nitrogens is 4. The molecule has 2 atom stereocenters. The summed E-state index contributed by atoms with van der Waals surface area (Å²) in [7, 11) is 1.88. The lowest BCUT2D eigenvalue weighted by Crippen LogP contribution is -2.43. The Balaban J connectivity index is 1.60. The molecule has 0 saturated heterocycles. The van der Waals surface area contributed by atoms with Crippen molar-refractivity contribution in [2.45, 2.75) is 51.2 Å². The van der Waals surface area contributed by atoms with Gasteiger partial charge in [0.2, 0.25) is 5.95 Å². The van der Waals surface area contributed by atoms with Gasteiger partial charge >= 0.3 is 0 Å². The fourth-order valence-corrected chi connectivity index (χ4v) is 3.86. The second-order valence-electron chi connectivity index (χ2n) is 7.54. The summed E-state index contributed by atoms with van der Waals surface area (Å²) in [5, 5.41) is 12.9. The highest BCUT2D eigenvalue weighted by atomic mass is 35.5. The topological polar surface area (TPSA) is 93.7 Å². The zero-order valence-corrected chi connectivity index (χ0v) is 17.0. The smallest absolute Gasteiger partial charge is 0.226 e. The zero-order valence-electron chi connectivity index (χ0n) is 16.2. The highest BCUT2D eigenvalue weighted by Crippen LogP contribution is 2.25. The summed E-state index contributed by atoms with van der Waals surface area (Å²) in [5.74, 6) is 1.34. The Morgan fingerprint density at radius 1 is 1.25 bits per heavy atom. The molecule has 0 bridgehead atoms. The monoisotopic (exact) mass is 399 g/mol. The number of anilines is 2. The van der Waals surface area contributed by atoms with E-state index < -0.39 is 0 Å². The molecule has 1 fully saturated rings. The van der Waals surface area contributed by atoms with Crippen LogP contribution in [-0.2, 0) is 13.6 Å². The molecular formula is C20H26ClN7. The molecule has 0 amide bonds. The first-order chi connectivity index (χ1) is 13.5. The van der Waals surface area contributed by atoms with Gasteiger partial charge in [0.05, 0.1) is 11.6 Å². The summed E-state index contributed by atoms with van der Waals surface area (Å²) < 4.78 is 1.76. The van der Waals surface area contributed by atoms with E-state index in [1.54, 1.807) is 10.9 Å². The summed E-state index contributed by atoms with van der Waals surface area (Å²) in [6.07, 6.45) is 6.23. The van der Waals surface area contributed by atoms with E-state index in [4.69, 9.17) is 22.3 Å². The standard InChI is InChI=1S/C20H26ClN7/c1-12-7-8-13(9-15(12)21)10-23-18-14-11-24-28(2)19(14)27-20(26-18)25-17-6-4-3-5-16(17)22/h7-9,11,16-17H,3-6,10,22H2,1-2H3,(H2,23,25,26,27)/t16-,17+/m1/s1. The summed E-state index contributed by atoms with van der Waals surface area (Å²) in [6, 6.07) is 6.40. The third-order valence-electron chi connectivity index (χ3n) is 5.42. The van der Waals surface area contributed by atoms with Gasteiger partial charge in [0, 0.05) is 30.7 Å². The molecule has 2 heterocycles. The van der Waals surface area contributed by atoms with Crippen LogP contribution in [0, 0.1) is 6.92 Å². The molecule has 0 radical (unpaired) electrons. The maximum Gasteiger partial charge on any atom is 0.226 e. The number of rotatable bonds is 5. The molecule has 1 aliphatic rings. The van der Waals surface area contributed by atoms with Crippen LogP contribution in [0.15, 0.2) is 24.4 Å². The Morgan fingerprint density at radius 2 is 2.07 bits per heavy atom. The Labute approximate surface area is 169 Å². The molecule has 1 aliphatic carbocycles. The van der Waals surface area contributed by atoms with Gasteiger partial charge < -0.3 is 16.4 Å². The van der Waals surface area contributed by atoms with Gasteiger partial charge in [0.1, 0.15) is 5.82 Å². The van der Waals surface area contributed by atoms with Gasteiger partial charge in [0.15, 0.2) is 5.65 Å². The largest absolute Gasteiger partial charge is 0.365 e. The fraction of sp³-hybridized carbons (Fsp3) is 0.450. The highest BCUT2D eigenvalue weighted by Gasteiger charge is 2.23. The van der Waals surface area contributed by atoms with Gasteiger partial charge in [-0.25, -0.2) is 0 Å². The molecule has 4 N–H and O–H groups in total. The lowest BCUT2D eigenvalue weighted by Gasteiger charge is -2.29. The average Bonchev–Trinajstić information content (AvgIpc) is 3.05. The van der Waals surface area contributed by atoms with Gasteiger partial charge in [-0.3, -0.25) is 4.68 Å². The minimum Gasteiger partial charge on any atom is -0.365 e. The van der Waals surface area contributed by atoms with E-state index in [0.29, 0.717) is 12.5 Å². The van der Waals surface area contributed by atoms with E-state index in [-0.39, 0.29) is 12.1 Å². The van der Waals surface area contributed by atoms with Crippen molar-refractivity contribution >= 4 is 34.4 Å². The molecule has 0 aliphatic heterocycles. The van der Waals surface area contributed by atoms with Gasteiger partial charge in [0.25, 0.3) is 0 Å². The molecule has 8 heteroatoms. The molecule has 3 aromatic rings. The molecule has 28 heavy (non-hydrogen) atoms. The maximum atomic E-state index is 6.28. The maximum absolute atomic E-state index is 6.28. The molecule has 0 spiro atoms. The fourth-order valence-electron chi connectivity index (χ4n) is 3.66. The molecular weight excluding hydrogens is 374 g/mol. The lowest BCUT2D eigenvalue weighted by atomic mass is 9.91. The number of hydrogen-bond acceptors (Lipinski definition) is 6. The first-order valence-electron chi connectivity index (χ1n) is 9.72. The normalized spacial score (nSPS) is 19.7. The van der Waals surface area contributed by atoms with E-state index in [1.807, 2.05) is 26.1 Å². The number of nitrogens with one attached hydrogen (secondary N) is 2. The van der Waals surface area contributed by atoms with Crippen molar-refractivity contribution < 1.29 is 0 Å². The minimum absolute atomic E-state index is 0.130. The number of fused-ring (bicyclic) bond motifs is 1. The van der Waals surface area contributed by atoms with Crippen molar-refractivity contribution in [3.05, 3.63) is 40.5 Å². The second-order valence-corrected chi connectivity index (χ2v) is 7.94. The number of benzene rings is 1. The highest BCUT2D eigenvalue weighted by molar-refractivity contribution is 6.31. The predicted molar refractivity (Wildman–Crippen MR) is 114 cm³/mol. The molecule has 7 nitrogen and oxygen atoms in total. The van der Waals surface area contributed by atoms with Crippen molar-refractivity contribution in [2.75, 3.05) is 10.6 Å². The first kappa shape index (κ1) is 19.0. The number of nitrogens with zero attached hydrogens (tertiary/aromatic N) is 4. The molecule has 0 unspecified atom stereocenters. The van der Waals surface area contributed by atoms with Crippen molar-refractivity contribution in [1.29, 1.82) is 0 Å². The van der Waals surface area contributed by atoms with Crippen molar-refractivity contribution in [3.8, 4) is 0 Å². The predicted octanol–water partition coefficient (Wildman–Crippen LogP) is 3.62. The van der Waals surface area contributed by atoms with Gasteiger partial charge in [-0.15, -0.1) is 0 Å². The Bertz CT molecular complexity index is 984. The van der Waals surface area contributed by atoms with E-state index in [1.165, 1.54) is 12.8 Å². The van der Waals surface area contributed by atoms with Crippen LogP contribution in [-0.4, -0.2) is 31.8 Å². The number of halogens is 1. The molecule has 2 aromatic heterocycles. The van der Waals surface area contributed by atoms with Crippen LogP contribution in [0.5, 0.6) is 0 Å². The van der Waals surface area contributed by atoms with Gasteiger partial charge in [-0.1, -0.05) is 36.6 Å². The van der Waals surface area contributed by atoms with E-state index >= 15 is 0 Å². The van der Waals surface area contributed by atoms with E-state index in [0.717, 1.165) is 45.8 Å². The van der Waals surface area contributed by atoms with Crippen LogP contribution in [0.25, 0.3) is 11.0 Å². The van der Waals surface area contributed by atoms with Crippen LogP contribution in [0.3, 0.4) is 0 Å². The van der Waals surface area contributed by atoms with Crippen molar-refractivity contribution in [1.82, 2.24) is 19.7 Å². The molecule has 4 rings (SSSR count). The zero-order chi connectivity index (χ0) is 19.7. The first-order valence-corrected chi connectivity index (χ1v) is 10.1. The summed E-state index contributed by atoms with van der Waals surface area (Å²) in [4.78, 5) is 9.39. The number of aryl methyl sites for hydroxylation is 2. The lowest BCUT2D eigenvalue weighted by molar-refractivity contribution is 0.402. The van der Waals surface area contributed by atoms with Crippen LogP contribution in [0.1, 0.15) is 36.8 Å². The SMILES string of the molecule is Cc1ccc(CNc2nc(N[C@H]3CCCC[C@H]3N)nc3c2cnn3C)cc1Cl. The van der Waals surface area contributed by atoms with Crippen LogP contribution < -0.4 is 16.4 Å². The van der Waals surface area contributed by atoms with Gasteiger partial charge in [-0.2, -0.15) is 15.1 Å². The van der Waals surface area contributed by atoms with Crippen molar-refractivity contribution in [2.24, 2.45) is 12.8 Å². The molecule has 1 saturated carbocycles. The molecule has 1 aromatic carbocycles. The quantitative estimate of drug-likeness (QED) is 0.606. The van der Waals surface area contributed by atoms with E-state index in [2.05, 4.69) is 26.8 Å². The summed E-state index contributed by atoms with van der Waals surface area (Å²) in [6.45, 7) is 2.61. The number of nitrogens with two attached hydrogens (primary N) is 1. The van der Waals surface area contributed by atoms with E-state index in [9.17, 15) is 0 Å². The van der Waals surface area contributed by atoms with Crippen LogP contribution in [0.2, 0.25) is 5.02 Å². The Morgan fingerprint density at radius 3 is 2.86 bits per heavy atom. The summed E-state index contributed by atoms with van der Waals surface area (Å²) in [5.41, 5.74) is 9.23. The van der Waals surface area contributed by atoms with Crippen LogP contribution in [0.4, 0.5) is 11.8 Å². The number of hydrogen-bond donors (Lipinski definition) is 3. The second kappa shape index (κ2) is 7.93. The average molecular weight is 400 g/mol. The molecule has 148 valence electrons. The third kappa shape index (κ3) is 3.91. The Hall–Kier alpha value is -2.38. The summed E-state index contributed by atoms with van der Waals surface area (Å²) >= 11 is 6.25. The van der Waals surface area contributed by atoms with Gasteiger partial charge in [-0.05, 0) is 37.0 Å². The van der Waals surface area contributed by atoms with Crippen LogP contribution >= 0.6 is 11.6 Å².